The van der Waals surface area contributed by atoms with Crippen molar-refractivity contribution in [3.8, 4) is 5.75 Å². The first-order valence-electron chi connectivity index (χ1n) is 5.45. The van der Waals surface area contributed by atoms with Crippen LogP contribution in [-0.4, -0.2) is 17.2 Å². The molecule has 0 saturated heterocycles. The molecule has 0 spiro atoms. The number of hydrogen-bond donors (Lipinski definition) is 1. The van der Waals surface area contributed by atoms with Crippen molar-refractivity contribution < 1.29 is 14.6 Å². The van der Waals surface area contributed by atoms with E-state index < -0.39 is 5.97 Å². The highest BCUT2D eigenvalue weighted by atomic mass is 16.5. The number of benzene rings is 1. The average molecular weight is 222 g/mol. The summed E-state index contributed by atoms with van der Waals surface area (Å²) in [7, 11) is 0. The van der Waals surface area contributed by atoms with Crippen molar-refractivity contribution in [3.05, 3.63) is 29.3 Å². The predicted octanol–water partition coefficient (Wildman–Crippen LogP) is 3.30. The lowest BCUT2D eigenvalue weighted by Gasteiger charge is -2.15. The Balaban J connectivity index is 3.15. The van der Waals surface area contributed by atoms with Crippen LogP contribution in [0, 0.1) is 0 Å². The Labute approximate surface area is 96.1 Å². The number of hydrogen-bond acceptors (Lipinski definition) is 2. The van der Waals surface area contributed by atoms with Gasteiger partial charge in [-0.2, -0.15) is 0 Å². The molecule has 0 fully saturated rings. The number of ether oxygens (including phenoxy) is 1. The first kappa shape index (κ1) is 12.6. The van der Waals surface area contributed by atoms with Crippen LogP contribution >= 0.6 is 0 Å². The van der Waals surface area contributed by atoms with Crippen LogP contribution in [0.3, 0.4) is 0 Å². The molecule has 1 N–H and O–H groups in total. The molecular weight excluding hydrogens is 204 g/mol. The molecule has 3 nitrogen and oxygen atoms in total. The van der Waals surface area contributed by atoms with Gasteiger partial charge < -0.3 is 9.84 Å². The van der Waals surface area contributed by atoms with Gasteiger partial charge >= 0.3 is 5.97 Å². The molecule has 0 atom stereocenters. The Bertz CT molecular complexity index is 381. The summed E-state index contributed by atoms with van der Waals surface area (Å²) in [5, 5.41) is 9.03. The van der Waals surface area contributed by atoms with E-state index in [-0.39, 0.29) is 11.7 Å². The van der Waals surface area contributed by atoms with Crippen LogP contribution in [0.25, 0.3) is 0 Å². The number of rotatable bonds is 4. The molecule has 0 unspecified atom stereocenters. The van der Waals surface area contributed by atoms with Gasteiger partial charge in [0.05, 0.1) is 6.10 Å². The Kier molecular flexibility index (Phi) is 3.93. The van der Waals surface area contributed by atoms with E-state index in [1.54, 1.807) is 6.07 Å². The van der Waals surface area contributed by atoms with Crippen molar-refractivity contribution in [1.29, 1.82) is 0 Å². The van der Waals surface area contributed by atoms with Gasteiger partial charge in [0.15, 0.2) is 0 Å². The van der Waals surface area contributed by atoms with Gasteiger partial charge in [-0.05, 0) is 37.5 Å². The predicted molar refractivity (Wildman–Crippen MR) is 63.3 cm³/mol. The van der Waals surface area contributed by atoms with E-state index in [0.717, 1.165) is 5.56 Å². The molecular formula is C13H18O3. The minimum atomic E-state index is -0.953. The van der Waals surface area contributed by atoms with Gasteiger partial charge in [-0.3, -0.25) is 0 Å². The van der Waals surface area contributed by atoms with Gasteiger partial charge in [-0.25, -0.2) is 4.79 Å². The monoisotopic (exact) mass is 222 g/mol. The lowest BCUT2D eigenvalue weighted by molar-refractivity contribution is 0.0690. The summed E-state index contributed by atoms with van der Waals surface area (Å²) in [6, 6.07) is 5.25. The molecule has 0 heterocycles. The van der Waals surface area contributed by atoms with E-state index in [4.69, 9.17) is 9.84 Å². The molecule has 1 aromatic rings. The van der Waals surface area contributed by atoms with Crippen LogP contribution in [-0.2, 0) is 0 Å². The lowest BCUT2D eigenvalue weighted by Crippen LogP contribution is -2.10. The summed E-state index contributed by atoms with van der Waals surface area (Å²) in [5.41, 5.74) is 1.30. The standard InChI is InChI=1S/C13H18O3/c1-8(2)10-5-6-11(13(14)15)12(7-10)16-9(3)4/h5-9H,1-4H3,(H,14,15). The number of carboxylic acid groups (broad SMARTS) is 1. The summed E-state index contributed by atoms with van der Waals surface area (Å²) in [6.45, 7) is 7.89. The second-order valence-electron chi connectivity index (χ2n) is 4.38. The SMILES string of the molecule is CC(C)Oc1cc(C(C)C)ccc1C(=O)O. The van der Waals surface area contributed by atoms with E-state index in [1.807, 2.05) is 26.0 Å². The fourth-order valence-electron chi connectivity index (χ4n) is 1.43. The first-order chi connectivity index (χ1) is 7.41. The van der Waals surface area contributed by atoms with Crippen LogP contribution < -0.4 is 4.74 Å². The minimum Gasteiger partial charge on any atom is -0.490 e. The van der Waals surface area contributed by atoms with Crippen LogP contribution in [0.4, 0.5) is 0 Å². The smallest absolute Gasteiger partial charge is 0.339 e. The molecule has 88 valence electrons. The summed E-state index contributed by atoms with van der Waals surface area (Å²) in [4.78, 5) is 11.0. The molecule has 1 aromatic carbocycles. The minimum absolute atomic E-state index is 0.0273. The molecule has 16 heavy (non-hydrogen) atoms. The van der Waals surface area contributed by atoms with Crippen LogP contribution in [0.2, 0.25) is 0 Å². The lowest BCUT2D eigenvalue weighted by atomic mass is 10.0. The number of carbonyl (C=O) groups is 1. The van der Waals surface area contributed by atoms with E-state index in [2.05, 4.69) is 13.8 Å². The number of carboxylic acids is 1. The molecule has 0 aromatic heterocycles. The summed E-state index contributed by atoms with van der Waals surface area (Å²) in [6.07, 6.45) is -0.0273. The van der Waals surface area contributed by atoms with E-state index in [1.165, 1.54) is 0 Å². The van der Waals surface area contributed by atoms with Gasteiger partial charge in [0.25, 0.3) is 0 Å². The summed E-state index contributed by atoms with van der Waals surface area (Å²) >= 11 is 0. The van der Waals surface area contributed by atoms with Crippen LogP contribution in [0.15, 0.2) is 18.2 Å². The zero-order chi connectivity index (χ0) is 12.3. The van der Waals surface area contributed by atoms with E-state index >= 15 is 0 Å². The number of aromatic carboxylic acids is 1. The van der Waals surface area contributed by atoms with Gasteiger partial charge in [0, 0.05) is 0 Å². The van der Waals surface area contributed by atoms with Crippen molar-refractivity contribution in [3.63, 3.8) is 0 Å². The molecule has 0 saturated carbocycles. The second kappa shape index (κ2) is 5.01. The normalized spacial score (nSPS) is 10.9. The van der Waals surface area contributed by atoms with E-state index in [9.17, 15) is 4.79 Å². The Morgan fingerprint density at radius 1 is 1.25 bits per heavy atom. The Morgan fingerprint density at radius 2 is 1.88 bits per heavy atom. The summed E-state index contributed by atoms with van der Waals surface area (Å²) in [5.74, 6) is -0.142. The summed E-state index contributed by atoms with van der Waals surface area (Å²) < 4.78 is 5.52. The zero-order valence-electron chi connectivity index (χ0n) is 10.2. The fourth-order valence-corrected chi connectivity index (χ4v) is 1.43. The molecule has 0 aliphatic rings. The average Bonchev–Trinajstić information content (AvgIpc) is 2.15. The maximum absolute atomic E-state index is 11.0. The van der Waals surface area contributed by atoms with Crippen molar-refractivity contribution in [2.24, 2.45) is 0 Å². The van der Waals surface area contributed by atoms with Crippen LogP contribution in [0.1, 0.15) is 49.5 Å². The molecule has 0 aliphatic heterocycles. The zero-order valence-corrected chi connectivity index (χ0v) is 10.2. The van der Waals surface area contributed by atoms with Gasteiger partial charge in [-0.1, -0.05) is 19.9 Å². The van der Waals surface area contributed by atoms with Gasteiger partial charge in [0.2, 0.25) is 0 Å². The highest BCUT2D eigenvalue weighted by Gasteiger charge is 2.14. The third kappa shape index (κ3) is 2.99. The third-order valence-corrected chi connectivity index (χ3v) is 2.27. The Hall–Kier alpha value is -1.51. The first-order valence-corrected chi connectivity index (χ1v) is 5.45. The molecule has 3 heteroatoms. The van der Waals surface area contributed by atoms with Crippen LogP contribution in [0.5, 0.6) is 5.75 Å². The largest absolute Gasteiger partial charge is 0.490 e. The van der Waals surface area contributed by atoms with E-state index in [0.29, 0.717) is 11.7 Å². The van der Waals surface area contributed by atoms with Crippen molar-refractivity contribution in [1.82, 2.24) is 0 Å². The molecule has 0 bridgehead atoms. The second-order valence-corrected chi connectivity index (χ2v) is 4.38. The highest BCUT2D eigenvalue weighted by molar-refractivity contribution is 5.91. The van der Waals surface area contributed by atoms with Gasteiger partial charge in [0.1, 0.15) is 11.3 Å². The molecule has 0 amide bonds. The maximum Gasteiger partial charge on any atom is 0.339 e. The highest BCUT2D eigenvalue weighted by Crippen LogP contribution is 2.25. The molecule has 0 radical (unpaired) electrons. The molecule has 0 aliphatic carbocycles. The van der Waals surface area contributed by atoms with Crippen molar-refractivity contribution in [2.75, 3.05) is 0 Å². The third-order valence-electron chi connectivity index (χ3n) is 2.27. The molecule has 1 rings (SSSR count). The topological polar surface area (TPSA) is 46.5 Å². The van der Waals surface area contributed by atoms with Gasteiger partial charge in [-0.15, -0.1) is 0 Å². The van der Waals surface area contributed by atoms with Crippen molar-refractivity contribution >= 4 is 5.97 Å². The Morgan fingerprint density at radius 3 is 2.31 bits per heavy atom. The fraction of sp³-hybridized carbons (Fsp3) is 0.462. The van der Waals surface area contributed by atoms with Crippen molar-refractivity contribution in [2.45, 2.75) is 39.7 Å². The quantitative estimate of drug-likeness (QED) is 0.850. The maximum atomic E-state index is 11.0.